The molecule has 1 rings (SSSR count). The number of nitrogens with two attached hydrogens (primary N) is 1. The maximum atomic E-state index is 11.6. The number of halogens is 2. The third-order valence-electron chi connectivity index (χ3n) is 2.06. The van der Waals surface area contributed by atoms with Gasteiger partial charge in [-0.3, -0.25) is 4.79 Å². The Morgan fingerprint density at radius 3 is 2.59 bits per heavy atom. The first kappa shape index (κ1) is 14.6. The van der Waals surface area contributed by atoms with Crippen LogP contribution in [0.2, 0.25) is 10.0 Å². The van der Waals surface area contributed by atoms with Gasteiger partial charge in [0.1, 0.15) is 0 Å². The number of hydrogen-bond acceptors (Lipinski definition) is 3. The van der Waals surface area contributed by atoms with Crippen LogP contribution in [0.25, 0.3) is 0 Å². The molecule has 1 aromatic carbocycles. The summed E-state index contributed by atoms with van der Waals surface area (Å²) in [6, 6.07) is 5.09. The molecule has 0 aliphatic rings. The van der Waals surface area contributed by atoms with Gasteiger partial charge >= 0.3 is 0 Å². The molecular formula is C11H14Cl2N2OS. The predicted molar refractivity (Wildman–Crippen MR) is 76.1 cm³/mol. The van der Waals surface area contributed by atoms with Gasteiger partial charge in [0.2, 0.25) is 5.91 Å². The fourth-order valence-corrected chi connectivity index (χ4v) is 2.21. The Hall–Kier alpha value is -0.420. The van der Waals surface area contributed by atoms with Gasteiger partial charge in [0.05, 0.1) is 21.5 Å². The summed E-state index contributed by atoms with van der Waals surface area (Å²) in [5, 5.41) is 3.81. The number of carbonyl (C=O) groups is 1. The van der Waals surface area contributed by atoms with Crippen LogP contribution >= 0.6 is 35.0 Å². The second kappa shape index (κ2) is 7.11. The zero-order chi connectivity index (χ0) is 12.8. The summed E-state index contributed by atoms with van der Waals surface area (Å²) < 4.78 is 0. The van der Waals surface area contributed by atoms with E-state index < -0.39 is 0 Å². The van der Waals surface area contributed by atoms with Crippen molar-refractivity contribution in [1.29, 1.82) is 0 Å². The highest BCUT2D eigenvalue weighted by Crippen LogP contribution is 2.29. The normalized spacial score (nSPS) is 12.2. The van der Waals surface area contributed by atoms with Gasteiger partial charge < -0.3 is 11.1 Å². The van der Waals surface area contributed by atoms with E-state index in [1.54, 1.807) is 18.2 Å². The van der Waals surface area contributed by atoms with E-state index in [2.05, 4.69) is 5.32 Å². The van der Waals surface area contributed by atoms with Gasteiger partial charge in [-0.15, -0.1) is 11.8 Å². The monoisotopic (exact) mass is 292 g/mol. The lowest BCUT2D eigenvalue weighted by Crippen LogP contribution is -2.19. The minimum absolute atomic E-state index is 0.134. The summed E-state index contributed by atoms with van der Waals surface area (Å²) >= 11 is 13.4. The van der Waals surface area contributed by atoms with Crippen LogP contribution in [0.3, 0.4) is 0 Å². The van der Waals surface area contributed by atoms with Crippen LogP contribution in [0.4, 0.5) is 5.69 Å². The summed E-state index contributed by atoms with van der Waals surface area (Å²) in [5.41, 5.74) is 5.92. The molecule has 1 aromatic rings. The van der Waals surface area contributed by atoms with Crippen LogP contribution in [0, 0.1) is 0 Å². The van der Waals surface area contributed by atoms with E-state index >= 15 is 0 Å². The van der Waals surface area contributed by atoms with Crippen molar-refractivity contribution in [3.05, 3.63) is 28.2 Å². The lowest BCUT2D eigenvalue weighted by Gasteiger charge is -2.10. The van der Waals surface area contributed by atoms with Gasteiger partial charge in [0.15, 0.2) is 0 Å². The van der Waals surface area contributed by atoms with Crippen LogP contribution in [0.5, 0.6) is 0 Å². The molecule has 0 saturated carbocycles. The number of nitrogens with one attached hydrogen (secondary N) is 1. The highest BCUT2D eigenvalue weighted by atomic mass is 35.5. The molecule has 94 valence electrons. The summed E-state index contributed by atoms with van der Waals surface area (Å²) in [5.74, 6) is 0.199. The molecule has 1 amide bonds. The summed E-state index contributed by atoms with van der Waals surface area (Å²) in [7, 11) is 0. The van der Waals surface area contributed by atoms with Crippen molar-refractivity contribution in [2.75, 3.05) is 17.6 Å². The first-order valence-electron chi connectivity index (χ1n) is 5.10. The minimum atomic E-state index is -0.134. The Bertz CT molecular complexity index is 381. The average Bonchev–Trinajstić information content (AvgIpc) is 2.31. The summed E-state index contributed by atoms with van der Waals surface area (Å²) in [6.07, 6.45) is 0. The largest absolute Gasteiger partial charge is 0.329 e. The van der Waals surface area contributed by atoms with Crippen LogP contribution in [-0.2, 0) is 4.79 Å². The SMILES string of the molecule is CC(CN)SCC(=O)Nc1c(Cl)cccc1Cl. The lowest BCUT2D eigenvalue weighted by atomic mass is 10.3. The topological polar surface area (TPSA) is 55.1 Å². The van der Waals surface area contributed by atoms with Gasteiger partial charge in [0.25, 0.3) is 0 Å². The molecule has 0 aliphatic heterocycles. The third-order valence-corrected chi connectivity index (χ3v) is 3.88. The number of para-hydroxylation sites is 1. The van der Waals surface area contributed by atoms with Gasteiger partial charge in [-0.2, -0.15) is 0 Å². The van der Waals surface area contributed by atoms with Crippen LogP contribution in [0.15, 0.2) is 18.2 Å². The van der Waals surface area contributed by atoms with Gasteiger partial charge in [-0.05, 0) is 12.1 Å². The Balaban J connectivity index is 2.56. The highest BCUT2D eigenvalue weighted by Gasteiger charge is 2.10. The number of hydrogen-bond donors (Lipinski definition) is 2. The molecule has 0 bridgehead atoms. The van der Waals surface area contributed by atoms with E-state index in [1.165, 1.54) is 11.8 Å². The van der Waals surface area contributed by atoms with Crippen LogP contribution in [0.1, 0.15) is 6.92 Å². The molecule has 17 heavy (non-hydrogen) atoms. The molecule has 0 aliphatic carbocycles. The average molecular weight is 293 g/mol. The van der Waals surface area contributed by atoms with E-state index in [0.29, 0.717) is 28.0 Å². The molecule has 0 fully saturated rings. The predicted octanol–water partition coefficient (Wildman–Crippen LogP) is 3.01. The third kappa shape index (κ3) is 4.76. The van der Waals surface area contributed by atoms with E-state index in [9.17, 15) is 4.79 Å². The molecule has 0 radical (unpaired) electrons. The summed E-state index contributed by atoms with van der Waals surface area (Å²) in [6.45, 7) is 2.52. The standard InChI is InChI=1S/C11H14Cl2N2OS/c1-7(5-14)17-6-10(16)15-11-8(12)3-2-4-9(11)13/h2-4,7H,5-6,14H2,1H3,(H,15,16). The molecule has 3 N–H and O–H groups in total. The van der Waals surface area contributed by atoms with Crippen molar-refractivity contribution < 1.29 is 4.79 Å². The summed E-state index contributed by atoms with van der Waals surface area (Å²) in [4.78, 5) is 11.6. The Morgan fingerprint density at radius 1 is 1.47 bits per heavy atom. The van der Waals surface area contributed by atoms with E-state index in [-0.39, 0.29) is 11.2 Å². The number of rotatable bonds is 5. The van der Waals surface area contributed by atoms with Gasteiger partial charge in [-0.25, -0.2) is 0 Å². The second-order valence-electron chi connectivity index (χ2n) is 3.50. The van der Waals surface area contributed by atoms with Gasteiger partial charge in [-0.1, -0.05) is 36.2 Å². The van der Waals surface area contributed by atoms with Crippen molar-refractivity contribution in [3.63, 3.8) is 0 Å². The van der Waals surface area contributed by atoms with Crippen molar-refractivity contribution in [2.45, 2.75) is 12.2 Å². The van der Waals surface area contributed by atoms with Crippen LogP contribution < -0.4 is 11.1 Å². The molecule has 6 heteroatoms. The Labute approximate surface area is 115 Å². The molecule has 3 nitrogen and oxygen atoms in total. The fraction of sp³-hybridized carbons (Fsp3) is 0.364. The molecule has 0 aromatic heterocycles. The maximum absolute atomic E-state index is 11.6. The molecule has 1 atom stereocenters. The number of anilines is 1. The van der Waals surface area contributed by atoms with E-state index in [4.69, 9.17) is 28.9 Å². The van der Waals surface area contributed by atoms with Gasteiger partial charge in [0, 0.05) is 11.8 Å². The first-order valence-corrected chi connectivity index (χ1v) is 6.90. The maximum Gasteiger partial charge on any atom is 0.234 e. The fourth-order valence-electron chi connectivity index (χ4n) is 1.08. The number of amides is 1. The molecular weight excluding hydrogens is 279 g/mol. The minimum Gasteiger partial charge on any atom is -0.329 e. The second-order valence-corrected chi connectivity index (χ2v) is 5.74. The quantitative estimate of drug-likeness (QED) is 0.877. The smallest absolute Gasteiger partial charge is 0.234 e. The Kier molecular flexibility index (Phi) is 6.12. The first-order chi connectivity index (χ1) is 8.04. The molecule has 1 unspecified atom stereocenters. The number of carbonyl (C=O) groups excluding carboxylic acids is 1. The molecule has 0 heterocycles. The molecule has 0 spiro atoms. The number of benzene rings is 1. The van der Waals surface area contributed by atoms with Crippen molar-refractivity contribution in [3.8, 4) is 0 Å². The van der Waals surface area contributed by atoms with Crippen molar-refractivity contribution in [2.24, 2.45) is 5.73 Å². The Morgan fingerprint density at radius 2 is 2.06 bits per heavy atom. The van der Waals surface area contributed by atoms with E-state index in [1.807, 2.05) is 6.92 Å². The zero-order valence-electron chi connectivity index (χ0n) is 9.37. The zero-order valence-corrected chi connectivity index (χ0v) is 11.7. The lowest BCUT2D eigenvalue weighted by molar-refractivity contribution is -0.113. The highest BCUT2D eigenvalue weighted by molar-refractivity contribution is 8.00. The van der Waals surface area contributed by atoms with Crippen LogP contribution in [-0.4, -0.2) is 23.5 Å². The number of thioether (sulfide) groups is 1. The van der Waals surface area contributed by atoms with Crippen molar-refractivity contribution >= 4 is 46.6 Å². The molecule has 0 saturated heterocycles. The van der Waals surface area contributed by atoms with E-state index in [0.717, 1.165) is 0 Å². The van der Waals surface area contributed by atoms with Crippen molar-refractivity contribution in [1.82, 2.24) is 0 Å².